The van der Waals surface area contributed by atoms with E-state index in [2.05, 4.69) is 0 Å². The summed E-state index contributed by atoms with van der Waals surface area (Å²) in [4.78, 5) is 0. The summed E-state index contributed by atoms with van der Waals surface area (Å²) in [6, 6.07) is 3.42. The van der Waals surface area contributed by atoms with Gasteiger partial charge in [0.05, 0.1) is 0 Å². The first-order valence-corrected chi connectivity index (χ1v) is 8.00. The third kappa shape index (κ3) is 3.07. The topological polar surface area (TPSA) is 46.6 Å². The molecule has 0 aliphatic carbocycles. The van der Waals surface area contributed by atoms with Crippen molar-refractivity contribution in [2.45, 2.75) is 17.1 Å². The van der Waals surface area contributed by atoms with Crippen LogP contribution < -0.4 is 0 Å². The molecule has 1 aliphatic heterocycles. The van der Waals surface area contributed by atoms with Gasteiger partial charge >= 0.3 is 0 Å². The molecule has 96 valence electrons. The molecule has 1 saturated heterocycles. The fraction of sp³-hybridized carbons (Fsp3) is 0.636. The van der Waals surface area contributed by atoms with Gasteiger partial charge in [0.2, 0.25) is 0 Å². The van der Waals surface area contributed by atoms with Gasteiger partial charge in [-0.25, -0.2) is 8.42 Å². The third-order valence-electron chi connectivity index (χ3n) is 3.02. The SMILES string of the molecule is CN(CC1CCOCC1)S(=O)(=O)c1cccs1. The highest BCUT2D eigenvalue weighted by molar-refractivity contribution is 7.91. The molecule has 0 N–H and O–H groups in total. The lowest BCUT2D eigenvalue weighted by molar-refractivity contribution is 0.0620. The van der Waals surface area contributed by atoms with Crippen LogP contribution in [0.3, 0.4) is 0 Å². The van der Waals surface area contributed by atoms with E-state index in [1.54, 1.807) is 24.6 Å². The average Bonchev–Trinajstić information content (AvgIpc) is 2.84. The van der Waals surface area contributed by atoms with Crippen LogP contribution in [0.5, 0.6) is 0 Å². The summed E-state index contributed by atoms with van der Waals surface area (Å²) in [5.74, 6) is 0.420. The van der Waals surface area contributed by atoms with Crippen molar-refractivity contribution in [2.75, 3.05) is 26.8 Å². The van der Waals surface area contributed by atoms with Crippen LogP contribution in [0.15, 0.2) is 21.7 Å². The zero-order chi connectivity index (χ0) is 12.3. The van der Waals surface area contributed by atoms with Crippen LogP contribution in [0.2, 0.25) is 0 Å². The Morgan fingerprint density at radius 2 is 2.18 bits per heavy atom. The Hall–Kier alpha value is -0.430. The van der Waals surface area contributed by atoms with Crippen molar-refractivity contribution in [2.24, 2.45) is 5.92 Å². The maximum Gasteiger partial charge on any atom is 0.252 e. The van der Waals surface area contributed by atoms with Gasteiger partial charge in [0, 0.05) is 26.8 Å². The standard InChI is InChI=1S/C11H17NO3S2/c1-12(9-10-4-6-15-7-5-10)17(13,14)11-3-2-8-16-11/h2-3,8,10H,4-7,9H2,1H3. The molecule has 0 bridgehead atoms. The first-order chi connectivity index (χ1) is 8.10. The van der Waals surface area contributed by atoms with E-state index in [-0.39, 0.29) is 0 Å². The molecule has 4 nitrogen and oxygen atoms in total. The highest BCUT2D eigenvalue weighted by atomic mass is 32.2. The minimum absolute atomic E-state index is 0.420. The van der Waals surface area contributed by atoms with Crippen molar-refractivity contribution >= 4 is 21.4 Å². The van der Waals surface area contributed by atoms with Gasteiger partial charge in [-0.2, -0.15) is 4.31 Å². The Kier molecular flexibility index (Phi) is 4.19. The highest BCUT2D eigenvalue weighted by Gasteiger charge is 2.25. The molecule has 1 aliphatic rings. The molecule has 0 unspecified atom stereocenters. The van der Waals surface area contributed by atoms with Crippen LogP contribution in [-0.2, 0) is 14.8 Å². The Labute approximate surface area is 106 Å². The van der Waals surface area contributed by atoms with Crippen LogP contribution in [0.4, 0.5) is 0 Å². The van der Waals surface area contributed by atoms with Crippen LogP contribution in [0.25, 0.3) is 0 Å². The second-order valence-electron chi connectivity index (χ2n) is 4.27. The van der Waals surface area contributed by atoms with E-state index >= 15 is 0 Å². The molecule has 0 saturated carbocycles. The van der Waals surface area contributed by atoms with E-state index in [1.807, 2.05) is 0 Å². The normalized spacial score (nSPS) is 18.7. The molecule has 6 heteroatoms. The maximum absolute atomic E-state index is 12.2. The summed E-state index contributed by atoms with van der Waals surface area (Å²) in [6.45, 7) is 2.08. The van der Waals surface area contributed by atoms with Crippen LogP contribution >= 0.6 is 11.3 Å². The highest BCUT2D eigenvalue weighted by Crippen LogP contribution is 2.23. The molecular weight excluding hydrogens is 258 g/mol. The summed E-state index contributed by atoms with van der Waals surface area (Å²) in [6.07, 6.45) is 1.90. The fourth-order valence-corrected chi connectivity index (χ4v) is 4.40. The van der Waals surface area contributed by atoms with Crippen molar-refractivity contribution < 1.29 is 13.2 Å². The van der Waals surface area contributed by atoms with Crippen molar-refractivity contribution in [3.05, 3.63) is 17.5 Å². The molecule has 1 aromatic heterocycles. The van der Waals surface area contributed by atoms with Gasteiger partial charge < -0.3 is 4.74 Å². The van der Waals surface area contributed by atoms with Gasteiger partial charge in [0.25, 0.3) is 10.0 Å². The molecular formula is C11H17NO3S2. The smallest absolute Gasteiger partial charge is 0.252 e. The van der Waals surface area contributed by atoms with Gasteiger partial charge in [-0.1, -0.05) is 6.07 Å². The summed E-state index contributed by atoms with van der Waals surface area (Å²) in [7, 11) is -1.63. The lowest BCUT2D eigenvalue weighted by Gasteiger charge is -2.26. The van der Waals surface area contributed by atoms with E-state index in [9.17, 15) is 8.42 Å². The number of ether oxygens (including phenoxy) is 1. The first-order valence-electron chi connectivity index (χ1n) is 5.68. The summed E-state index contributed by atoms with van der Waals surface area (Å²) in [5.41, 5.74) is 0. The van der Waals surface area contributed by atoms with Crippen molar-refractivity contribution in [3.8, 4) is 0 Å². The molecule has 1 fully saturated rings. The average molecular weight is 275 g/mol. The van der Waals surface area contributed by atoms with Gasteiger partial charge in [-0.15, -0.1) is 11.3 Å². The second kappa shape index (κ2) is 5.48. The van der Waals surface area contributed by atoms with Crippen LogP contribution in [0, 0.1) is 5.92 Å². The number of rotatable bonds is 4. The first kappa shape index (κ1) is 13.0. The molecule has 2 heterocycles. The molecule has 0 atom stereocenters. The van der Waals surface area contributed by atoms with Crippen molar-refractivity contribution in [1.29, 1.82) is 0 Å². The largest absolute Gasteiger partial charge is 0.381 e. The fourth-order valence-electron chi connectivity index (χ4n) is 1.95. The van der Waals surface area contributed by atoms with Gasteiger partial charge in [-0.05, 0) is 30.2 Å². The molecule has 0 amide bonds. The monoisotopic (exact) mass is 275 g/mol. The minimum Gasteiger partial charge on any atom is -0.381 e. The number of hydrogen-bond donors (Lipinski definition) is 0. The molecule has 17 heavy (non-hydrogen) atoms. The summed E-state index contributed by atoms with van der Waals surface area (Å²) < 4.78 is 31.5. The van der Waals surface area contributed by atoms with Gasteiger partial charge in [0.15, 0.2) is 0 Å². The lowest BCUT2D eigenvalue weighted by atomic mass is 10.0. The van der Waals surface area contributed by atoms with Gasteiger partial charge in [-0.3, -0.25) is 0 Å². The summed E-state index contributed by atoms with van der Waals surface area (Å²) >= 11 is 1.27. The molecule has 0 aromatic carbocycles. The summed E-state index contributed by atoms with van der Waals surface area (Å²) in [5, 5.41) is 1.79. The Morgan fingerprint density at radius 1 is 1.47 bits per heavy atom. The van der Waals surface area contributed by atoms with E-state index in [0.717, 1.165) is 26.1 Å². The predicted molar refractivity (Wildman–Crippen MR) is 67.7 cm³/mol. The number of thiophene rings is 1. The second-order valence-corrected chi connectivity index (χ2v) is 7.49. The third-order valence-corrected chi connectivity index (χ3v) is 6.21. The molecule has 1 aromatic rings. The lowest BCUT2D eigenvalue weighted by Crippen LogP contribution is -2.33. The van der Waals surface area contributed by atoms with Crippen molar-refractivity contribution in [1.82, 2.24) is 4.31 Å². The minimum atomic E-state index is -3.28. The van der Waals surface area contributed by atoms with Crippen molar-refractivity contribution in [3.63, 3.8) is 0 Å². The predicted octanol–water partition coefficient (Wildman–Crippen LogP) is 1.80. The van der Waals surface area contributed by atoms with Gasteiger partial charge in [0.1, 0.15) is 4.21 Å². The number of hydrogen-bond acceptors (Lipinski definition) is 4. The maximum atomic E-state index is 12.2. The van der Waals surface area contributed by atoms with E-state index in [0.29, 0.717) is 16.7 Å². The van der Waals surface area contributed by atoms with E-state index < -0.39 is 10.0 Å². The quantitative estimate of drug-likeness (QED) is 0.841. The molecule has 0 spiro atoms. The van der Waals surface area contributed by atoms with E-state index in [1.165, 1.54) is 15.6 Å². The molecule has 2 rings (SSSR count). The van der Waals surface area contributed by atoms with Crippen LogP contribution in [-0.4, -0.2) is 39.5 Å². The Balaban J connectivity index is 2.01. The zero-order valence-corrected chi connectivity index (χ0v) is 11.5. The van der Waals surface area contributed by atoms with E-state index in [4.69, 9.17) is 4.74 Å². The number of nitrogens with zero attached hydrogens (tertiary/aromatic N) is 1. The molecule has 0 radical (unpaired) electrons. The Bertz CT molecular complexity index is 435. The number of sulfonamides is 1. The Morgan fingerprint density at radius 3 is 2.76 bits per heavy atom. The zero-order valence-electron chi connectivity index (χ0n) is 9.83. The van der Waals surface area contributed by atoms with Crippen LogP contribution in [0.1, 0.15) is 12.8 Å².